The number of carbonyl (C=O) groups is 2. The predicted octanol–water partition coefficient (Wildman–Crippen LogP) is 6.07. The van der Waals surface area contributed by atoms with E-state index in [-0.39, 0.29) is 11.5 Å². The van der Waals surface area contributed by atoms with Gasteiger partial charge in [0.15, 0.2) is 0 Å². The molecule has 0 aliphatic carbocycles. The number of amides is 1. The fraction of sp³-hybridized carbons (Fsp3) is 0.231. The van der Waals surface area contributed by atoms with Crippen molar-refractivity contribution in [2.75, 3.05) is 11.4 Å². The molecule has 0 saturated carbocycles. The van der Waals surface area contributed by atoms with Crippen LogP contribution in [0.5, 0.6) is 0 Å². The molecule has 33 heavy (non-hydrogen) atoms. The first-order chi connectivity index (χ1) is 15.5. The molecule has 0 spiro atoms. The summed E-state index contributed by atoms with van der Waals surface area (Å²) in [5.41, 5.74) is 0.653. The predicted molar refractivity (Wildman–Crippen MR) is 120 cm³/mol. The maximum atomic E-state index is 14.4. The molecule has 0 aromatic heterocycles. The standard InChI is InChI=1S/C26H24F3NO3/c1-16-13-18(27)11-12-20(16)17-7-5-8-19(14-17)30(15-23(31)33-26(2,3)4)25(32)24-21(28)9-6-10-22(24)29/h5-14H,15H2,1-4H3. The van der Waals surface area contributed by atoms with E-state index in [9.17, 15) is 22.8 Å². The van der Waals surface area contributed by atoms with Crippen molar-refractivity contribution in [3.8, 4) is 11.1 Å². The first-order valence-corrected chi connectivity index (χ1v) is 10.3. The quantitative estimate of drug-likeness (QED) is 0.439. The zero-order valence-electron chi connectivity index (χ0n) is 18.8. The fourth-order valence-electron chi connectivity index (χ4n) is 3.41. The van der Waals surface area contributed by atoms with E-state index in [0.717, 1.165) is 23.1 Å². The molecule has 0 bridgehead atoms. The highest BCUT2D eigenvalue weighted by molar-refractivity contribution is 6.09. The molecule has 3 aromatic rings. The molecule has 1 amide bonds. The number of anilines is 1. The summed E-state index contributed by atoms with van der Waals surface area (Å²) < 4.78 is 47.6. The lowest BCUT2D eigenvalue weighted by atomic mass is 9.99. The van der Waals surface area contributed by atoms with Crippen molar-refractivity contribution in [2.24, 2.45) is 0 Å². The third-order valence-electron chi connectivity index (χ3n) is 4.79. The topological polar surface area (TPSA) is 46.6 Å². The summed E-state index contributed by atoms with van der Waals surface area (Å²) in [6.45, 7) is 6.20. The average Bonchev–Trinajstić information content (AvgIpc) is 2.70. The van der Waals surface area contributed by atoms with E-state index < -0.39 is 41.2 Å². The van der Waals surface area contributed by atoms with Crippen molar-refractivity contribution in [2.45, 2.75) is 33.3 Å². The molecular weight excluding hydrogens is 431 g/mol. The minimum atomic E-state index is -1.04. The van der Waals surface area contributed by atoms with Crippen molar-refractivity contribution >= 4 is 17.6 Å². The number of hydrogen-bond acceptors (Lipinski definition) is 3. The van der Waals surface area contributed by atoms with E-state index >= 15 is 0 Å². The van der Waals surface area contributed by atoms with E-state index in [1.165, 1.54) is 12.1 Å². The summed E-state index contributed by atoms with van der Waals surface area (Å²) in [4.78, 5) is 26.8. The van der Waals surface area contributed by atoms with Gasteiger partial charge in [0.25, 0.3) is 5.91 Å². The molecule has 0 aliphatic heterocycles. The molecule has 3 aromatic carbocycles. The molecule has 4 nitrogen and oxygen atoms in total. The molecule has 0 unspecified atom stereocenters. The smallest absolute Gasteiger partial charge is 0.326 e. The summed E-state index contributed by atoms with van der Waals surface area (Å²) in [6.07, 6.45) is 0. The first-order valence-electron chi connectivity index (χ1n) is 10.3. The molecule has 7 heteroatoms. The van der Waals surface area contributed by atoms with Gasteiger partial charge in [0.2, 0.25) is 0 Å². The molecule has 0 N–H and O–H groups in total. The second-order valence-electron chi connectivity index (χ2n) is 8.58. The molecule has 0 heterocycles. The van der Waals surface area contributed by atoms with Crippen molar-refractivity contribution in [3.63, 3.8) is 0 Å². The Morgan fingerprint density at radius 3 is 2.15 bits per heavy atom. The van der Waals surface area contributed by atoms with Crippen LogP contribution in [-0.4, -0.2) is 24.0 Å². The van der Waals surface area contributed by atoms with Crippen LogP contribution in [0.2, 0.25) is 0 Å². The molecule has 3 rings (SSSR count). The second kappa shape index (κ2) is 9.48. The molecule has 0 saturated heterocycles. The van der Waals surface area contributed by atoms with E-state index in [4.69, 9.17) is 4.74 Å². The summed E-state index contributed by atoms with van der Waals surface area (Å²) in [5, 5.41) is 0. The van der Waals surface area contributed by atoms with Crippen LogP contribution in [0, 0.1) is 24.4 Å². The first kappa shape index (κ1) is 24.0. The van der Waals surface area contributed by atoms with Gasteiger partial charge in [-0.15, -0.1) is 0 Å². The Morgan fingerprint density at radius 1 is 0.909 bits per heavy atom. The lowest BCUT2D eigenvalue weighted by Crippen LogP contribution is -2.39. The van der Waals surface area contributed by atoms with E-state index in [1.807, 2.05) is 0 Å². The minimum absolute atomic E-state index is 0.231. The lowest BCUT2D eigenvalue weighted by Gasteiger charge is -2.26. The molecular formula is C26H24F3NO3. The number of halogens is 3. The van der Waals surface area contributed by atoms with Gasteiger partial charge in [0.1, 0.15) is 35.2 Å². The Kier molecular flexibility index (Phi) is 6.91. The fourth-order valence-corrected chi connectivity index (χ4v) is 3.41. The number of carbonyl (C=O) groups excluding carboxylic acids is 2. The Hall–Kier alpha value is -3.61. The molecule has 172 valence electrons. The highest BCUT2D eigenvalue weighted by Crippen LogP contribution is 2.29. The summed E-state index contributed by atoms with van der Waals surface area (Å²) >= 11 is 0. The summed E-state index contributed by atoms with van der Waals surface area (Å²) in [6, 6.07) is 13.9. The highest BCUT2D eigenvalue weighted by Gasteiger charge is 2.28. The highest BCUT2D eigenvalue weighted by atomic mass is 19.1. The van der Waals surface area contributed by atoms with Crippen LogP contribution in [-0.2, 0) is 9.53 Å². The number of rotatable bonds is 5. The number of aryl methyl sites for hydroxylation is 1. The number of benzene rings is 3. The maximum absolute atomic E-state index is 14.4. The normalized spacial score (nSPS) is 11.2. The summed E-state index contributed by atoms with van der Waals surface area (Å²) in [5.74, 6) is -4.23. The van der Waals surface area contributed by atoms with Crippen LogP contribution < -0.4 is 4.90 Å². The van der Waals surface area contributed by atoms with Crippen molar-refractivity contribution in [3.05, 3.63) is 89.2 Å². The van der Waals surface area contributed by atoms with Gasteiger partial charge in [-0.25, -0.2) is 13.2 Å². The van der Waals surface area contributed by atoms with Gasteiger partial charge >= 0.3 is 5.97 Å². The zero-order chi connectivity index (χ0) is 24.3. The van der Waals surface area contributed by atoms with Gasteiger partial charge in [-0.1, -0.05) is 24.3 Å². The van der Waals surface area contributed by atoms with Gasteiger partial charge in [-0.2, -0.15) is 0 Å². The van der Waals surface area contributed by atoms with Gasteiger partial charge in [-0.3, -0.25) is 14.5 Å². The number of hydrogen-bond donors (Lipinski definition) is 0. The van der Waals surface area contributed by atoms with E-state index in [0.29, 0.717) is 16.7 Å². The monoisotopic (exact) mass is 455 g/mol. The zero-order valence-corrected chi connectivity index (χ0v) is 18.8. The van der Waals surface area contributed by atoms with Crippen LogP contribution in [0.15, 0.2) is 60.7 Å². The Morgan fingerprint density at radius 2 is 1.55 bits per heavy atom. The van der Waals surface area contributed by atoms with E-state index in [1.54, 1.807) is 58.0 Å². The van der Waals surface area contributed by atoms with E-state index in [2.05, 4.69) is 0 Å². The Bertz CT molecular complexity index is 1180. The Labute approximate surface area is 190 Å². The number of esters is 1. The lowest BCUT2D eigenvalue weighted by molar-refractivity contribution is -0.152. The van der Waals surface area contributed by atoms with Gasteiger partial charge in [0.05, 0.1) is 0 Å². The van der Waals surface area contributed by atoms with Crippen LogP contribution in [0.4, 0.5) is 18.9 Å². The molecule has 0 radical (unpaired) electrons. The molecule has 0 aliphatic rings. The Balaban J connectivity index is 2.07. The minimum Gasteiger partial charge on any atom is -0.459 e. The van der Waals surface area contributed by atoms with Crippen molar-refractivity contribution in [1.82, 2.24) is 0 Å². The second-order valence-corrected chi connectivity index (χ2v) is 8.58. The third kappa shape index (κ3) is 5.80. The van der Waals surface area contributed by atoms with Crippen LogP contribution in [0.25, 0.3) is 11.1 Å². The maximum Gasteiger partial charge on any atom is 0.326 e. The molecule has 0 atom stereocenters. The van der Waals surface area contributed by atoms with Crippen LogP contribution in [0.1, 0.15) is 36.7 Å². The van der Waals surface area contributed by atoms with Gasteiger partial charge in [-0.05, 0) is 80.8 Å². The van der Waals surface area contributed by atoms with Crippen LogP contribution in [0.3, 0.4) is 0 Å². The van der Waals surface area contributed by atoms with Crippen LogP contribution >= 0.6 is 0 Å². The van der Waals surface area contributed by atoms with Crippen molar-refractivity contribution in [1.29, 1.82) is 0 Å². The SMILES string of the molecule is Cc1cc(F)ccc1-c1cccc(N(CC(=O)OC(C)(C)C)C(=O)c2c(F)cccc2F)c1. The van der Waals surface area contributed by atoms with Crippen molar-refractivity contribution < 1.29 is 27.5 Å². The third-order valence-corrected chi connectivity index (χ3v) is 4.79. The van der Waals surface area contributed by atoms with Gasteiger partial charge in [0, 0.05) is 5.69 Å². The number of ether oxygens (including phenoxy) is 1. The largest absolute Gasteiger partial charge is 0.459 e. The van der Waals surface area contributed by atoms with Gasteiger partial charge < -0.3 is 4.74 Å². The molecule has 0 fully saturated rings. The average molecular weight is 455 g/mol. The number of nitrogens with zero attached hydrogens (tertiary/aromatic N) is 1. The summed E-state index contributed by atoms with van der Waals surface area (Å²) in [7, 11) is 0.